The Bertz CT molecular complexity index is 428. The summed E-state index contributed by atoms with van der Waals surface area (Å²) in [6, 6.07) is 1.28. The molecule has 0 aromatic heterocycles. The predicted molar refractivity (Wildman–Crippen MR) is 56.9 cm³/mol. The average Bonchev–Trinajstić information content (AvgIpc) is 2.13. The summed E-state index contributed by atoms with van der Waals surface area (Å²) in [5.74, 6) is -3.43. The molecular weight excluding hydrogens is 360 g/mol. The van der Waals surface area contributed by atoms with Crippen molar-refractivity contribution in [3.63, 3.8) is 0 Å². The molecule has 0 saturated heterocycles. The lowest BCUT2D eigenvalue weighted by molar-refractivity contribution is -0.0888. The van der Waals surface area contributed by atoms with Crippen molar-refractivity contribution in [1.82, 2.24) is 0 Å². The van der Waals surface area contributed by atoms with E-state index in [1.165, 1.54) is 13.0 Å². The molecule has 1 aromatic carbocycles. The molecule has 1 aromatic rings. The summed E-state index contributed by atoms with van der Waals surface area (Å²) in [6.07, 6.45) is -5.10. The molecule has 88 valence electrons. The summed E-state index contributed by atoms with van der Waals surface area (Å²) >= 11 is 5.53. The van der Waals surface area contributed by atoms with Gasteiger partial charge in [0, 0.05) is 4.47 Å². The Labute approximate surface area is 105 Å². The van der Waals surface area contributed by atoms with Crippen LogP contribution < -0.4 is 0 Å². The minimum Gasteiger partial charge on any atom is -0.284 e. The van der Waals surface area contributed by atoms with Crippen molar-refractivity contribution >= 4 is 37.6 Å². The number of hydrogen-bond acceptors (Lipinski definition) is 1. The molecule has 0 aliphatic rings. The quantitative estimate of drug-likeness (QED) is 0.410. The summed E-state index contributed by atoms with van der Waals surface area (Å²) in [6.45, 7) is 1.46. The number of halogens is 6. The fraction of sp³-hybridized carbons (Fsp3) is 0.222. The van der Waals surface area contributed by atoms with Crippen molar-refractivity contribution < 1.29 is 22.4 Å². The van der Waals surface area contributed by atoms with E-state index in [9.17, 15) is 22.4 Å². The van der Waals surface area contributed by atoms with Crippen LogP contribution in [-0.4, -0.2) is 12.0 Å². The van der Waals surface area contributed by atoms with Crippen LogP contribution in [0.4, 0.5) is 17.6 Å². The van der Waals surface area contributed by atoms with Crippen LogP contribution in [0.5, 0.6) is 0 Å². The van der Waals surface area contributed by atoms with Crippen LogP contribution in [-0.2, 0) is 0 Å². The van der Waals surface area contributed by atoms with Crippen molar-refractivity contribution in [3.05, 3.63) is 32.0 Å². The van der Waals surface area contributed by atoms with Crippen molar-refractivity contribution in [3.8, 4) is 0 Å². The van der Waals surface area contributed by atoms with Gasteiger partial charge >= 0.3 is 6.18 Å². The van der Waals surface area contributed by atoms with Gasteiger partial charge in [0.2, 0.25) is 0 Å². The first-order chi connectivity index (χ1) is 7.16. The predicted octanol–water partition coefficient (Wildman–Crippen LogP) is 4.40. The van der Waals surface area contributed by atoms with Crippen LogP contribution in [0, 0.1) is 12.7 Å². The van der Waals surface area contributed by atoms with Gasteiger partial charge < -0.3 is 0 Å². The van der Waals surface area contributed by atoms with Crippen LogP contribution >= 0.6 is 31.9 Å². The van der Waals surface area contributed by atoms with Crippen LogP contribution in [0.15, 0.2) is 15.0 Å². The lowest BCUT2D eigenvalue weighted by Gasteiger charge is -2.11. The number of aryl methyl sites for hydroxylation is 1. The Hall–Kier alpha value is -0.430. The first-order valence-electron chi connectivity index (χ1n) is 3.92. The summed E-state index contributed by atoms with van der Waals surface area (Å²) < 4.78 is 49.7. The third-order valence-corrected chi connectivity index (χ3v) is 3.42. The Morgan fingerprint density at radius 2 is 1.81 bits per heavy atom. The summed E-state index contributed by atoms with van der Waals surface area (Å²) in [5, 5.41) is 0. The molecule has 0 atom stereocenters. The van der Waals surface area contributed by atoms with Crippen molar-refractivity contribution in [2.24, 2.45) is 0 Å². The summed E-state index contributed by atoms with van der Waals surface area (Å²) in [5.41, 5.74) is -0.666. The molecule has 1 rings (SSSR count). The number of carbonyl (C=O) groups excluding carboxylic acids is 1. The van der Waals surface area contributed by atoms with Gasteiger partial charge in [-0.05, 0) is 50.4 Å². The molecule has 0 bridgehead atoms. The van der Waals surface area contributed by atoms with E-state index in [2.05, 4.69) is 31.9 Å². The highest BCUT2D eigenvalue weighted by molar-refractivity contribution is 9.11. The summed E-state index contributed by atoms with van der Waals surface area (Å²) in [7, 11) is 0. The molecule has 0 N–H and O–H groups in total. The molecule has 0 heterocycles. The number of hydrogen-bond donors (Lipinski definition) is 0. The number of benzene rings is 1. The molecule has 0 saturated carbocycles. The lowest BCUT2D eigenvalue weighted by Crippen LogP contribution is -2.24. The molecule has 0 aliphatic carbocycles. The second-order valence-corrected chi connectivity index (χ2v) is 4.65. The number of rotatable bonds is 1. The lowest BCUT2D eigenvalue weighted by atomic mass is 10.1. The van der Waals surface area contributed by atoms with Crippen LogP contribution in [0.25, 0.3) is 0 Å². The fourth-order valence-corrected chi connectivity index (χ4v) is 2.08. The van der Waals surface area contributed by atoms with Crippen LogP contribution in [0.2, 0.25) is 0 Å². The van der Waals surface area contributed by atoms with E-state index in [0.29, 0.717) is 5.56 Å². The van der Waals surface area contributed by atoms with Crippen LogP contribution in [0.1, 0.15) is 15.9 Å². The van der Waals surface area contributed by atoms with Gasteiger partial charge in [0.15, 0.2) is 0 Å². The Kier molecular flexibility index (Phi) is 3.79. The number of Topliss-reactive ketones (excluding diaryl/α,β-unsaturated/α-hetero) is 1. The van der Waals surface area contributed by atoms with Crippen molar-refractivity contribution in [2.75, 3.05) is 0 Å². The third-order valence-electron chi connectivity index (χ3n) is 1.82. The van der Waals surface area contributed by atoms with E-state index >= 15 is 0 Å². The molecule has 16 heavy (non-hydrogen) atoms. The minimum atomic E-state index is -5.10. The Morgan fingerprint density at radius 1 is 1.31 bits per heavy atom. The smallest absolute Gasteiger partial charge is 0.284 e. The van der Waals surface area contributed by atoms with E-state index in [0.717, 1.165) is 0 Å². The number of carbonyl (C=O) groups is 1. The highest BCUT2D eigenvalue weighted by Gasteiger charge is 2.42. The molecule has 0 aliphatic heterocycles. The molecule has 0 amide bonds. The first kappa shape index (κ1) is 13.6. The van der Waals surface area contributed by atoms with Gasteiger partial charge in [0.1, 0.15) is 5.82 Å². The van der Waals surface area contributed by atoms with Crippen molar-refractivity contribution in [2.45, 2.75) is 13.1 Å². The SMILES string of the molecule is Cc1cc(Br)c(F)c(C(=O)C(F)(F)F)c1Br. The van der Waals surface area contributed by atoms with E-state index in [4.69, 9.17) is 0 Å². The van der Waals surface area contributed by atoms with Gasteiger partial charge in [0.05, 0.1) is 10.0 Å². The molecule has 0 unspecified atom stereocenters. The standard InChI is InChI=1S/C9H4Br2F4O/c1-3-2-4(10)7(12)5(6(3)11)8(16)9(13,14)15/h2H,1H3. The molecular formula is C9H4Br2F4O. The molecule has 0 fully saturated rings. The highest BCUT2D eigenvalue weighted by atomic mass is 79.9. The second kappa shape index (κ2) is 4.44. The molecule has 0 spiro atoms. The molecule has 7 heteroatoms. The highest BCUT2D eigenvalue weighted by Crippen LogP contribution is 2.34. The third kappa shape index (κ3) is 2.45. The van der Waals surface area contributed by atoms with Gasteiger partial charge in [-0.3, -0.25) is 4.79 Å². The van der Waals surface area contributed by atoms with Crippen molar-refractivity contribution in [1.29, 1.82) is 0 Å². The monoisotopic (exact) mass is 362 g/mol. The zero-order valence-electron chi connectivity index (χ0n) is 7.75. The van der Waals surface area contributed by atoms with Gasteiger partial charge in [-0.1, -0.05) is 0 Å². The molecule has 1 nitrogen and oxygen atoms in total. The maximum absolute atomic E-state index is 13.4. The minimum absolute atomic E-state index is 0.180. The largest absolute Gasteiger partial charge is 0.455 e. The average molecular weight is 364 g/mol. The van der Waals surface area contributed by atoms with E-state index in [-0.39, 0.29) is 8.95 Å². The van der Waals surface area contributed by atoms with Gasteiger partial charge in [-0.25, -0.2) is 4.39 Å². The van der Waals surface area contributed by atoms with Crippen LogP contribution in [0.3, 0.4) is 0 Å². The van der Waals surface area contributed by atoms with Gasteiger partial charge in [0.25, 0.3) is 5.78 Å². The fourth-order valence-electron chi connectivity index (χ4n) is 1.07. The zero-order chi connectivity index (χ0) is 12.7. The van der Waals surface area contributed by atoms with E-state index in [1.54, 1.807) is 0 Å². The topological polar surface area (TPSA) is 17.1 Å². The van der Waals surface area contributed by atoms with E-state index < -0.39 is 23.3 Å². The Balaban J connectivity index is 3.50. The molecule has 0 radical (unpaired) electrons. The summed E-state index contributed by atoms with van der Waals surface area (Å²) in [4.78, 5) is 11.0. The maximum Gasteiger partial charge on any atom is 0.455 e. The zero-order valence-corrected chi connectivity index (χ0v) is 10.9. The second-order valence-electron chi connectivity index (χ2n) is 3.01. The normalized spacial score (nSPS) is 11.7. The van der Waals surface area contributed by atoms with Gasteiger partial charge in [-0.15, -0.1) is 0 Å². The van der Waals surface area contributed by atoms with Gasteiger partial charge in [-0.2, -0.15) is 13.2 Å². The number of ketones is 1. The number of alkyl halides is 3. The first-order valence-corrected chi connectivity index (χ1v) is 5.50. The Morgan fingerprint density at radius 3 is 2.25 bits per heavy atom. The maximum atomic E-state index is 13.4. The van der Waals surface area contributed by atoms with E-state index in [1.807, 2.05) is 0 Å².